The SMILES string of the molecule is O=S(=O)(c1ccc(OC(F)(F)F)cc1)N1CCC(=NOC[C@H]2COCCN2)CC1. The molecule has 1 atom stereocenters. The van der Waals surface area contributed by atoms with Gasteiger partial charge in [0.25, 0.3) is 0 Å². The van der Waals surface area contributed by atoms with Gasteiger partial charge in [0, 0.05) is 32.5 Å². The first-order chi connectivity index (χ1) is 13.7. The van der Waals surface area contributed by atoms with E-state index in [-0.39, 0.29) is 24.0 Å². The Balaban J connectivity index is 1.51. The Morgan fingerprint density at radius 1 is 1.21 bits per heavy atom. The smallest absolute Gasteiger partial charge is 0.406 e. The van der Waals surface area contributed by atoms with Gasteiger partial charge < -0.3 is 19.6 Å². The van der Waals surface area contributed by atoms with Crippen LogP contribution in [0.25, 0.3) is 0 Å². The molecule has 2 aliphatic rings. The zero-order valence-electron chi connectivity index (χ0n) is 15.5. The number of ether oxygens (including phenoxy) is 2. The monoisotopic (exact) mass is 437 g/mol. The van der Waals surface area contributed by atoms with Gasteiger partial charge in [-0.2, -0.15) is 4.31 Å². The van der Waals surface area contributed by atoms with Crippen molar-refractivity contribution in [2.24, 2.45) is 5.16 Å². The van der Waals surface area contributed by atoms with Gasteiger partial charge >= 0.3 is 6.36 Å². The summed E-state index contributed by atoms with van der Waals surface area (Å²) in [4.78, 5) is 5.25. The van der Waals surface area contributed by atoms with Crippen LogP contribution in [0.5, 0.6) is 5.75 Å². The molecule has 29 heavy (non-hydrogen) atoms. The Morgan fingerprint density at radius 2 is 1.90 bits per heavy atom. The van der Waals surface area contributed by atoms with Crippen LogP contribution in [0.3, 0.4) is 0 Å². The molecule has 0 radical (unpaired) electrons. The number of hydrogen-bond donors (Lipinski definition) is 1. The number of piperidine rings is 1. The molecule has 2 saturated heterocycles. The molecule has 0 bridgehead atoms. The number of hydrogen-bond acceptors (Lipinski definition) is 7. The molecule has 0 aliphatic carbocycles. The number of morpholine rings is 1. The number of rotatable bonds is 6. The summed E-state index contributed by atoms with van der Waals surface area (Å²) in [6.07, 6.45) is -3.99. The molecule has 1 aromatic carbocycles. The topological polar surface area (TPSA) is 89.5 Å². The molecule has 0 unspecified atom stereocenters. The lowest BCUT2D eigenvalue weighted by molar-refractivity contribution is -0.274. The molecule has 2 heterocycles. The van der Waals surface area contributed by atoms with Crippen molar-refractivity contribution in [2.45, 2.75) is 30.1 Å². The zero-order valence-corrected chi connectivity index (χ0v) is 16.3. The number of halogens is 3. The average Bonchev–Trinajstić information content (AvgIpc) is 2.68. The molecule has 8 nitrogen and oxygen atoms in total. The van der Waals surface area contributed by atoms with Crippen molar-refractivity contribution in [3.63, 3.8) is 0 Å². The normalized spacial score (nSPS) is 21.6. The minimum absolute atomic E-state index is 0.0814. The van der Waals surface area contributed by atoms with E-state index < -0.39 is 22.1 Å². The summed E-state index contributed by atoms with van der Waals surface area (Å²) in [7, 11) is -3.81. The Kier molecular flexibility index (Phi) is 6.98. The number of nitrogens with zero attached hydrogens (tertiary/aromatic N) is 2. The van der Waals surface area contributed by atoms with Gasteiger partial charge in [0.15, 0.2) is 0 Å². The molecule has 3 rings (SSSR count). The molecule has 1 N–H and O–H groups in total. The largest absolute Gasteiger partial charge is 0.573 e. The van der Waals surface area contributed by atoms with Crippen molar-refractivity contribution in [1.82, 2.24) is 9.62 Å². The van der Waals surface area contributed by atoms with E-state index in [1.165, 1.54) is 4.31 Å². The fourth-order valence-electron chi connectivity index (χ4n) is 2.98. The van der Waals surface area contributed by atoms with E-state index in [1.54, 1.807) is 0 Å². The third-order valence-corrected chi connectivity index (χ3v) is 6.38. The molecular formula is C17H22F3N3O5S. The highest BCUT2D eigenvalue weighted by Crippen LogP contribution is 2.26. The maximum atomic E-state index is 12.7. The van der Waals surface area contributed by atoms with Crippen molar-refractivity contribution in [3.8, 4) is 5.75 Å². The first kappa shape index (κ1) is 21.8. The van der Waals surface area contributed by atoms with Gasteiger partial charge in [0.1, 0.15) is 12.4 Å². The van der Waals surface area contributed by atoms with Crippen LogP contribution in [-0.2, 0) is 19.6 Å². The van der Waals surface area contributed by atoms with E-state index in [1.807, 2.05) is 0 Å². The molecule has 12 heteroatoms. The van der Waals surface area contributed by atoms with Crippen LogP contribution in [-0.4, -0.2) is 70.3 Å². The molecule has 0 aromatic heterocycles. The highest BCUT2D eigenvalue weighted by molar-refractivity contribution is 7.89. The van der Waals surface area contributed by atoms with E-state index in [4.69, 9.17) is 9.57 Å². The van der Waals surface area contributed by atoms with Crippen LogP contribution in [0.4, 0.5) is 13.2 Å². The lowest BCUT2D eigenvalue weighted by Gasteiger charge is -2.27. The Morgan fingerprint density at radius 3 is 2.48 bits per heavy atom. The lowest BCUT2D eigenvalue weighted by atomic mass is 10.1. The van der Waals surface area contributed by atoms with E-state index in [0.29, 0.717) is 32.7 Å². The summed E-state index contributed by atoms with van der Waals surface area (Å²) in [6.45, 7) is 2.81. The Bertz CT molecular complexity index is 799. The van der Waals surface area contributed by atoms with E-state index >= 15 is 0 Å². The van der Waals surface area contributed by atoms with E-state index in [2.05, 4.69) is 15.2 Å². The lowest BCUT2D eigenvalue weighted by Crippen LogP contribution is -2.44. The summed E-state index contributed by atoms with van der Waals surface area (Å²) in [5.41, 5.74) is 0.766. The van der Waals surface area contributed by atoms with Gasteiger partial charge in [-0.25, -0.2) is 8.42 Å². The van der Waals surface area contributed by atoms with Crippen LogP contribution in [0.15, 0.2) is 34.3 Å². The molecule has 2 fully saturated rings. The van der Waals surface area contributed by atoms with Crippen LogP contribution < -0.4 is 10.1 Å². The second-order valence-corrected chi connectivity index (χ2v) is 8.54. The maximum Gasteiger partial charge on any atom is 0.573 e. The van der Waals surface area contributed by atoms with Gasteiger partial charge in [0.05, 0.1) is 29.9 Å². The summed E-state index contributed by atoms with van der Waals surface area (Å²) < 4.78 is 72.4. The summed E-state index contributed by atoms with van der Waals surface area (Å²) >= 11 is 0. The molecular weight excluding hydrogens is 415 g/mol. The van der Waals surface area contributed by atoms with Crippen molar-refractivity contribution in [3.05, 3.63) is 24.3 Å². The van der Waals surface area contributed by atoms with Crippen molar-refractivity contribution in [1.29, 1.82) is 0 Å². The van der Waals surface area contributed by atoms with Crippen molar-refractivity contribution < 1.29 is 35.9 Å². The summed E-state index contributed by atoms with van der Waals surface area (Å²) in [5, 5.41) is 7.33. The molecule has 0 spiro atoms. The minimum atomic E-state index is -4.83. The number of benzene rings is 1. The van der Waals surface area contributed by atoms with Crippen molar-refractivity contribution >= 4 is 15.7 Å². The second kappa shape index (κ2) is 9.28. The number of alkyl halides is 3. The third kappa shape index (κ3) is 6.29. The summed E-state index contributed by atoms with van der Waals surface area (Å²) in [5.74, 6) is -0.473. The predicted molar refractivity (Wildman–Crippen MR) is 97.1 cm³/mol. The average molecular weight is 437 g/mol. The van der Waals surface area contributed by atoms with Crippen LogP contribution in [0, 0.1) is 0 Å². The Hall–Kier alpha value is -1.89. The molecule has 0 saturated carbocycles. The van der Waals surface area contributed by atoms with Gasteiger partial charge in [-0.3, -0.25) is 0 Å². The van der Waals surface area contributed by atoms with Crippen LogP contribution in [0.1, 0.15) is 12.8 Å². The first-order valence-electron chi connectivity index (χ1n) is 9.09. The number of nitrogens with one attached hydrogen (secondary N) is 1. The Labute approximate surface area is 166 Å². The fraction of sp³-hybridized carbons (Fsp3) is 0.588. The van der Waals surface area contributed by atoms with E-state index in [0.717, 1.165) is 36.5 Å². The fourth-order valence-corrected chi connectivity index (χ4v) is 4.43. The molecule has 1 aromatic rings. The standard InChI is InChI=1S/C17H22F3N3O5S/c18-17(19,20)28-15-1-3-16(4-2-15)29(24,25)23-8-5-13(6-9-23)22-27-12-14-11-26-10-7-21-14/h1-4,14,21H,5-12H2/t14-/m1/s1. The third-order valence-electron chi connectivity index (χ3n) is 4.46. The first-order valence-corrected chi connectivity index (χ1v) is 10.5. The molecule has 162 valence electrons. The van der Waals surface area contributed by atoms with Crippen molar-refractivity contribution in [2.75, 3.05) is 39.5 Å². The van der Waals surface area contributed by atoms with Gasteiger partial charge in [0.2, 0.25) is 10.0 Å². The minimum Gasteiger partial charge on any atom is -0.406 e. The number of oxime groups is 1. The zero-order chi connectivity index (χ0) is 20.9. The van der Waals surface area contributed by atoms with E-state index in [9.17, 15) is 21.6 Å². The van der Waals surface area contributed by atoms with Gasteiger partial charge in [-0.05, 0) is 24.3 Å². The summed E-state index contributed by atoms with van der Waals surface area (Å²) in [6, 6.07) is 4.24. The quantitative estimate of drug-likeness (QED) is 0.682. The maximum absolute atomic E-state index is 12.7. The van der Waals surface area contributed by atoms with Gasteiger partial charge in [-0.15, -0.1) is 13.2 Å². The van der Waals surface area contributed by atoms with Crippen LogP contribution in [0.2, 0.25) is 0 Å². The highest BCUT2D eigenvalue weighted by Gasteiger charge is 2.32. The predicted octanol–water partition coefficient (Wildman–Crippen LogP) is 1.73. The molecule has 2 aliphatic heterocycles. The number of sulfonamides is 1. The highest BCUT2D eigenvalue weighted by atomic mass is 32.2. The molecule has 0 amide bonds. The second-order valence-electron chi connectivity index (χ2n) is 6.60. The van der Waals surface area contributed by atoms with Gasteiger partial charge in [-0.1, -0.05) is 5.16 Å². The van der Waals surface area contributed by atoms with Crippen LogP contribution >= 0.6 is 0 Å².